The molecule has 11 aromatic rings. The van der Waals surface area contributed by atoms with Gasteiger partial charge in [-0.1, -0.05) is 74.5 Å². The van der Waals surface area contributed by atoms with Crippen molar-refractivity contribution in [1.82, 2.24) is 4.57 Å². The Hall–Kier alpha value is -7.30. The second kappa shape index (κ2) is 13.6. The molecule has 0 saturated carbocycles. The molecule has 8 aromatic carbocycles. The van der Waals surface area contributed by atoms with Gasteiger partial charge in [-0.25, -0.2) is 0 Å². The Morgan fingerprint density at radius 3 is 1.91 bits per heavy atom. The van der Waals surface area contributed by atoms with Crippen molar-refractivity contribution < 1.29 is 8.83 Å². The lowest BCUT2D eigenvalue weighted by Crippen LogP contribution is -2.21. The summed E-state index contributed by atoms with van der Waals surface area (Å²) in [5.41, 5.74) is 23.0. The van der Waals surface area contributed by atoms with Crippen LogP contribution in [0.2, 0.25) is 0 Å². The third-order valence-electron chi connectivity index (χ3n) is 14.7. The Balaban J connectivity index is 1.16. The number of fused-ring (bicyclic) bond motifs is 11. The van der Waals surface area contributed by atoms with Gasteiger partial charge >= 0.3 is 0 Å². The van der Waals surface area contributed by atoms with Gasteiger partial charge in [0.2, 0.25) is 0 Å². The molecule has 0 fully saturated rings. The molecule has 0 spiro atoms. The van der Waals surface area contributed by atoms with E-state index in [-0.39, 0.29) is 0 Å². The van der Waals surface area contributed by atoms with Crippen molar-refractivity contribution in [2.75, 3.05) is 4.90 Å². The van der Waals surface area contributed by atoms with Gasteiger partial charge in [-0.2, -0.15) is 0 Å². The van der Waals surface area contributed by atoms with E-state index in [9.17, 15) is 0 Å². The quantitative estimate of drug-likeness (QED) is 0.177. The lowest BCUT2D eigenvalue weighted by molar-refractivity contribution is 0.605. The van der Waals surface area contributed by atoms with Gasteiger partial charge in [0.25, 0.3) is 0 Å². The van der Waals surface area contributed by atoms with Crippen LogP contribution in [0.15, 0.2) is 136 Å². The maximum atomic E-state index is 7.40. The van der Waals surface area contributed by atoms with Gasteiger partial charge in [0.05, 0.1) is 16.6 Å². The molecule has 12 rings (SSSR count). The number of hydrogen-bond donors (Lipinski definition) is 0. The number of furan rings is 2. The lowest BCUT2D eigenvalue weighted by Gasteiger charge is -2.29. The van der Waals surface area contributed by atoms with Crippen LogP contribution < -0.4 is 4.90 Å². The van der Waals surface area contributed by atoms with Crippen molar-refractivity contribution in [2.24, 2.45) is 0 Å². The van der Waals surface area contributed by atoms with Crippen molar-refractivity contribution in [1.29, 1.82) is 0 Å². The average molecular weight is 831 g/mol. The van der Waals surface area contributed by atoms with Gasteiger partial charge in [-0.05, 0) is 188 Å². The molecule has 4 bridgehead atoms. The van der Waals surface area contributed by atoms with Gasteiger partial charge in [0.1, 0.15) is 16.7 Å². The molecule has 64 heavy (non-hydrogen) atoms. The molecule has 0 atom stereocenters. The number of aryl methyl sites for hydroxylation is 7. The topological polar surface area (TPSA) is 34.5 Å². The van der Waals surface area contributed by atoms with Crippen LogP contribution >= 0.6 is 0 Å². The van der Waals surface area contributed by atoms with Crippen LogP contribution in [0.3, 0.4) is 0 Å². The number of para-hydroxylation sites is 1. The fourth-order valence-corrected chi connectivity index (χ4v) is 10.6. The van der Waals surface area contributed by atoms with Crippen LogP contribution in [-0.2, 0) is 5.41 Å². The van der Waals surface area contributed by atoms with Gasteiger partial charge in [0.15, 0.2) is 5.58 Å². The van der Waals surface area contributed by atoms with Gasteiger partial charge in [-0.15, -0.1) is 0 Å². The molecule has 0 aliphatic heterocycles. The van der Waals surface area contributed by atoms with Crippen LogP contribution in [0.25, 0.3) is 83.5 Å². The van der Waals surface area contributed by atoms with Gasteiger partial charge in [-0.3, -0.25) is 0 Å². The standard InChI is InChI=1S/C60H50N2O2/c1-33-13-20-42(27-37(33)5)61(43-21-14-34(2)38(6)28-43)52-12-10-11-46-47-24-17-40-18-25-48-51(60(8,9)56(40)59(47)64-57(46)52)32-53-55-50-30-41(19-26-54(50)63-58(48)55)49-31-45(23-16-36(49)4)62(53)44-22-15-35(3)39(7)29-44/h10-32H,1-9H3. The molecule has 0 saturated heterocycles. The van der Waals surface area contributed by atoms with Crippen LogP contribution in [0.4, 0.5) is 17.1 Å². The molecule has 1 aliphatic rings. The van der Waals surface area contributed by atoms with Crippen LogP contribution in [0.5, 0.6) is 0 Å². The highest BCUT2D eigenvalue weighted by Gasteiger charge is 2.36. The average Bonchev–Trinajstić information content (AvgIpc) is 3.83. The number of hydrogen-bond acceptors (Lipinski definition) is 3. The van der Waals surface area contributed by atoms with Crippen LogP contribution in [0.1, 0.15) is 75.0 Å². The first kappa shape index (κ1) is 38.4. The maximum Gasteiger partial charge on any atom is 0.159 e. The molecule has 0 N–H and O–H groups in total. The fraction of sp³-hybridized carbons (Fsp3) is 0.167. The highest BCUT2D eigenvalue weighted by molar-refractivity contribution is 6.19. The summed E-state index contributed by atoms with van der Waals surface area (Å²) in [4.78, 5) is 2.36. The fourth-order valence-electron chi connectivity index (χ4n) is 10.6. The Morgan fingerprint density at radius 2 is 1.19 bits per heavy atom. The van der Waals surface area contributed by atoms with Gasteiger partial charge in [0, 0.05) is 55.3 Å². The van der Waals surface area contributed by atoms with E-state index in [1.165, 1.54) is 55.3 Å². The first-order valence-electron chi connectivity index (χ1n) is 22.5. The monoisotopic (exact) mass is 830 g/mol. The third kappa shape index (κ3) is 5.48. The number of anilines is 3. The van der Waals surface area contributed by atoms with Crippen molar-refractivity contribution in [3.63, 3.8) is 0 Å². The van der Waals surface area contributed by atoms with E-state index in [0.29, 0.717) is 0 Å². The van der Waals surface area contributed by atoms with Crippen molar-refractivity contribution in [3.05, 3.63) is 189 Å². The van der Waals surface area contributed by atoms with E-state index in [1.807, 2.05) is 0 Å². The summed E-state index contributed by atoms with van der Waals surface area (Å²) in [5.74, 6) is 0. The minimum absolute atomic E-state index is 0.524. The summed E-state index contributed by atoms with van der Waals surface area (Å²) in [6.45, 7) is 20.1. The maximum absolute atomic E-state index is 7.40. The van der Waals surface area contributed by atoms with E-state index < -0.39 is 5.41 Å². The zero-order chi connectivity index (χ0) is 43.9. The van der Waals surface area contributed by atoms with E-state index >= 15 is 0 Å². The molecule has 4 nitrogen and oxygen atoms in total. The summed E-state index contributed by atoms with van der Waals surface area (Å²) >= 11 is 0. The van der Waals surface area contributed by atoms with E-state index in [2.05, 4.69) is 211 Å². The van der Waals surface area contributed by atoms with Crippen molar-refractivity contribution >= 4 is 94.9 Å². The minimum atomic E-state index is -0.524. The second-order valence-electron chi connectivity index (χ2n) is 19.0. The number of aromatic nitrogens is 1. The molecule has 3 heterocycles. The van der Waals surface area contributed by atoms with E-state index in [0.717, 1.165) is 94.4 Å². The molecule has 0 amide bonds. The van der Waals surface area contributed by atoms with Crippen LogP contribution in [0, 0.1) is 48.5 Å². The zero-order valence-corrected chi connectivity index (χ0v) is 38.0. The smallest absolute Gasteiger partial charge is 0.159 e. The van der Waals surface area contributed by atoms with E-state index in [4.69, 9.17) is 8.83 Å². The predicted molar refractivity (Wildman–Crippen MR) is 271 cm³/mol. The number of rotatable bonds is 4. The Bertz CT molecular complexity index is 3790. The molecule has 4 heteroatoms. The SMILES string of the molecule is Cc1ccc(N(c2ccc(C)c(C)c2)c2cccc3c2oc2c4c(ccc23)C=Cc2c(cc3c5c2oc2ccc(cc25)c2cc(ccc2C)n3-c2ccc(C)c(C)c2)C4(C)C)cc1C. The Morgan fingerprint density at radius 1 is 0.500 bits per heavy atom. The molecule has 3 aromatic heterocycles. The van der Waals surface area contributed by atoms with Gasteiger partial charge < -0.3 is 18.3 Å². The van der Waals surface area contributed by atoms with Crippen LogP contribution in [-0.4, -0.2) is 4.57 Å². The molecule has 1 aliphatic carbocycles. The molecule has 312 valence electrons. The Labute approximate surface area is 373 Å². The van der Waals surface area contributed by atoms with Crippen molar-refractivity contribution in [3.8, 4) is 5.69 Å². The molecular weight excluding hydrogens is 781 g/mol. The molecular formula is C60H50N2O2. The first-order valence-corrected chi connectivity index (χ1v) is 22.5. The summed E-state index contributed by atoms with van der Waals surface area (Å²) < 4.78 is 16.9. The third-order valence-corrected chi connectivity index (χ3v) is 14.7. The molecule has 0 radical (unpaired) electrons. The highest BCUT2D eigenvalue weighted by atomic mass is 16.3. The van der Waals surface area contributed by atoms with E-state index in [1.54, 1.807) is 0 Å². The highest BCUT2D eigenvalue weighted by Crippen LogP contribution is 2.51. The predicted octanol–water partition coefficient (Wildman–Crippen LogP) is 17.0. The largest absolute Gasteiger partial charge is 0.455 e. The summed E-state index contributed by atoms with van der Waals surface area (Å²) in [5, 5.41) is 6.87. The summed E-state index contributed by atoms with van der Waals surface area (Å²) in [7, 11) is 0. The molecule has 0 unspecified atom stereocenters. The normalized spacial score (nSPS) is 13.5. The second-order valence-corrected chi connectivity index (χ2v) is 19.0. The zero-order valence-electron chi connectivity index (χ0n) is 38.0. The summed E-state index contributed by atoms with van der Waals surface area (Å²) in [6, 6.07) is 47.5. The van der Waals surface area contributed by atoms with Crippen molar-refractivity contribution in [2.45, 2.75) is 67.7 Å². The number of benzene rings is 8. The number of nitrogens with zero attached hydrogens (tertiary/aromatic N) is 2. The lowest BCUT2D eigenvalue weighted by atomic mass is 9.74. The minimum Gasteiger partial charge on any atom is -0.455 e. The first-order chi connectivity index (χ1) is 30.8. The Kier molecular flexibility index (Phi) is 8.16. The summed E-state index contributed by atoms with van der Waals surface area (Å²) in [6.07, 6.45) is 4.56.